The van der Waals surface area contributed by atoms with Gasteiger partial charge >= 0.3 is 0 Å². The van der Waals surface area contributed by atoms with Crippen molar-refractivity contribution < 1.29 is 9.59 Å². The van der Waals surface area contributed by atoms with Crippen molar-refractivity contribution in [2.45, 2.75) is 51.4 Å². The number of para-hydroxylation sites is 1. The second-order valence-corrected chi connectivity index (χ2v) is 8.59. The number of anilines is 1. The van der Waals surface area contributed by atoms with Gasteiger partial charge in [-0.25, -0.2) is 4.98 Å². The van der Waals surface area contributed by atoms with Gasteiger partial charge < -0.3 is 10.6 Å². The maximum Gasteiger partial charge on any atom is 0.232 e. The van der Waals surface area contributed by atoms with Gasteiger partial charge in [-0.15, -0.1) is 11.3 Å². The summed E-state index contributed by atoms with van der Waals surface area (Å²) in [4.78, 5) is 28.8. The highest BCUT2D eigenvalue weighted by molar-refractivity contribution is 7.09. The predicted molar refractivity (Wildman–Crippen MR) is 105 cm³/mol. The van der Waals surface area contributed by atoms with E-state index in [1.165, 1.54) is 0 Å². The molecule has 1 aliphatic heterocycles. The van der Waals surface area contributed by atoms with Crippen LogP contribution < -0.4 is 10.6 Å². The lowest BCUT2D eigenvalue weighted by atomic mass is 9.93. The molecule has 2 heterocycles. The van der Waals surface area contributed by atoms with Crippen LogP contribution in [0.4, 0.5) is 5.69 Å². The van der Waals surface area contributed by atoms with Gasteiger partial charge in [-0.3, -0.25) is 9.59 Å². The van der Waals surface area contributed by atoms with Crippen LogP contribution in [-0.4, -0.2) is 23.3 Å². The Labute approximate surface area is 158 Å². The minimum absolute atomic E-state index is 0.0171. The number of carbonyl (C=O) groups excluding carboxylic acids is 2. The highest BCUT2D eigenvalue weighted by Crippen LogP contribution is 2.34. The molecule has 0 bridgehead atoms. The number of thiazole rings is 1. The van der Waals surface area contributed by atoms with Crippen LogP contribution in [0, 0.1) is 0 Å². The van der Waals surface area contributed by atoms with Gasteiger partial charge in [0.1, 0.15) is 0 Å². The van der Waals surface area contributed by atoms with E-state index in [-0.39, 0.29) is 23.1 Å². The SMILES string of the molecule is CC(C)(C)c1csc(CCNC(=O)CCC2C(=O)Nc3ccccc32)n1. The Balaban J connectivity index is 1.44. The van der Waals surface area contributed by atoms with Crippen LogP contribution in [0.5, 0.6) is 0 Å². The number of hydrogen-bond donors (Lipinski definition) is 2. The number of hydrogen-bond acceptors (Lipinski definition) is 4. The van der Waals surface area contributed by atoms with Crippen molar-refractivity contribution in [3.05, 3.63) is 45.9 Å². The van der Waals surface area contributed by atoms with E-state index in [0.29, 0.717) is 19.4 Å². The highest BCUT2D eigenvalue weighted by atomic mass is 32.1. The number of nitrogens with zero attached hydrogens (tertiary/aromatic N) is 1. The molecule has 1 aromatic heterocycles. The van der Waals surface area contributed by atoms with Crippen LogP contribution in [0.15, 0.2) is 29.6 Å². The number of benzene rings is 1. The zero-order valence-electron chi connectivity index (χ0n) is 15.5. The van der Waals surface area contributed by atoms with Gasteiger partial charge in [-0.1, -0.05) is 39.0 Å². The first kappa shape index (κ1) is 18.6. The third-order valence-electron chi connectivity index (χ3n) is 4.55. The van der Waals surface area contributed by atoms with Gasteiger partial charge in [0.25, 0.3) is 0 Å². The number of fused-ring (bicyclic) bond motifs is 1. The predicted octanol–water partition coefficient (Wildman–Crippen LogP) is 3.62. The van der Waals surface area contributed by atoms with Crippen molar-refractivity contribution in [3.8, 4) is 0 Å². The van der Waals surface area contributed by atoms with Gasteiger partial charge in [-0.2, -0.15) is 0 Å². The Morgan fingerprint density at radius 1 is 1.31 bits per heavy atom. The maximum atomic E-state index is 12.1. The van der Waals surface area contributed by atoms with E-state index in [0.717, 1.165) is 28.4 Å². The summed E-state index contributed by atoms with van der Waals surface area (Å²) in [7, 11) is 0. The summed E-state index contributed by atoms with van der Waals surface area (Å²) in [5, 5.41) is 8.94. The monoisotopic (exact) mass is 371 g/mol. The molecule has 0 saturated heterocycles. The lowest BCUT2D eigenvalue weighted by Crippen LogP contribution is -2.26. The van der Waals surface area contributed by atoms with Crippen molar-refractivity contribution in [1.29, 1.82) is 0 Å². The third-order valence-corrected chi connectivity index (χ3v) is 5.46. The topological polar surface area (TPSA) is 71.1 Å². The molecule has 0 aliphatic carbocycles. The first-order chi connectivity index (χ1) is 12.3. The Hall–Kier alpha value is -2.21. The van der Waals surface area contributed by atoms with Crippen LogP contribution in [0.3, 0.4) is 0 Å². The van der Waals surface area contributed by atoms with Crippen LogP contribution >= 0.6 is 11.3 Å². The molecule has 2 N–H and O–H groups in total. The van der Waals surface area contributed by atoms with Gasteiger partial charge in [0, 0.05) is 35.9 Å². The molecule has 6 heteroatoms. The summed E-state index contributed by atoms with van der Waals surface area (Å²) in [6.07, 6.45) is 1.61. The molecule has 0 radical (unpaired) electrons. The highest BCUT2D eigenvalue weighted by Gasteiger charge is 2.30. The van der Waals surface area contributed by atoms with Gasteiger partial charge in [0.2, 0.25) is 11.8 Å². The summed E-state index contributed by atoms with van der Waals surface area (Å²) in [6, 6.07) is 7.67. The minimum atomic E-state index is -0.231. The largest absolute Gasteiger partial charge is 0.356 e. The molecule has 2 aromatic rings. The molecular weight excluding hydrogens is 346 g/mol. The summed E-state index contributed by atoms with van der Waals surface area (Å²) in [5.41, 5.74) is 3.00. The average molecular weight is 372 g/mol. The number of rotatable bonds is 6. The maximum absolute atomic E-state index is 12.1. The number of nitrogens with one attached hydrogen (secondary N) is 2. The van der Waals surface area contributed by atoms with Crippen molar-refractivity contribution in [3.63, 3.8) is 0 Å². The van der Waals surface area contributed by atoms with Crippen LogP contribution in [0.25, 0.3) is 0 Å². The van der Waals surface area contributed by atoms with Crippen molar-refractivity contribution in [2.24, 2.45) is 0 Å². The summed E-state index contributed by atoms with van der Waals surface area (Å²) >= 11 is 1.64. The van der Waals surface area contributed by atoms with Crippen LogP contribution in [0.2, 0.25) is 0 Å². The Kier molecular flexibility index (Phi) is 5.41. The van der Waals surface area contributed by atoms with E-state index in [9.17, 15) is 9.59 Å². The van der Waals surface area contributed by atoms with Crippen LogP contribution in [0.1, 0.15) is 55.8 Å². The smallest absolute Gasteiger partial charge is 0.232 e. The van der Waals surface area contributed by atoms with Gasteiger partial charge in [0.15, 0.2) is 0 Å². The van der Waals surface area contributed by atoms with E-state index in [1.54, 1.807) is 11.3 Å². The second-order valence-electron chi connectivity index (χ2n) is 7.64. The van der Waals surface area contributed by atoms with E-state index in [1.807, 2.05) is 24.3 Å². The molecule has 2 amide bonds. The Bertz CT molecular complexity index is 807. The third kappa shape index (κ3) is 4.30. The molecule has 1 unspecified atom stereocenters. The average Bonchev–Trinajstić information content (AvgIpc) is 3.17. The quantitative estimate of drug-likeness (QED) is 0.815. The summed E-state index contributed by atoms with van der Waals surface area (Å²) in [5.74, 6) is -0.267. The van der Waals surface area contributed by atoms with E-state index in [2.05, 4.69) is 41.8 Å². The molecule has 5 nitrogen and oxygen atoms in total. The van der Waals surface area contributed by atoms with Crippen molar-refractivity contribution in [2.75, 3.05) is 11.9 Å². The van der Waals surface area contributed by atoms with E-state index < -0.39 is 0 Å². The molecule has 26 heavy (non-hydrogen) atoms. The standard InChI is InChI=1S/C20H25N3O2S/c1-20(2,3)16-12-26-18(23-16)10-11-21-17(24)9-8-14-13-6-4-5-7-15(13)22-19(14)25/h4-7,12,14H,8-11H2,1-3H3,(H,21,24)(H,22,25). The van der Waals surface area contributed by atoms with Gasteiger partial charge in [0.05, 0.1) is 16.6 Å². The lowest BCUT2D eigenvalue weighted by molar-refractivity contribution is -0.121. The van der Waals surface area contributed by atoms with Crippen molar-refractivity contribution >= 4 is 28.8 Å². The van der Waals surface area contributed by atoms with E-state index >= 15 is 0 Å². The molecule has 1 atom stereocenters. The number of aromatic nitrogens is 1. The van der Waals surface area contributed by atoms with Gasteiger partial charge in [-0.05, 0) is 18.1 Å². The summed E-state index contributed by atoms with van der Waals surface area (Å²) in [6.45, 7) is 7.00. The fourth-order valence-corrected chi connectivity index (χ4v) is 4.03. The van der Waals surface area contributed by atoms with Crippen LogP contribution in [-0.2, 0) is 21.4 Å². The lowest BCUT2D eigenvalue weighted by Gasteiger charge is -2.14. The van der Waals surface area contributed by atoms with Crippen molar-refractivity contribution in [1.82, 2.24) is 10.3 Å². The minimum Gasteiger partial charge on any atom is -0.356 e. The Morgan fingerprint density at radius 2 is 2.08 bits per heavy atom. The fourth-order valence-electron chi connectivity index (χ4n) is 3.01. The zero-order chi connectivity index (χ0) is 18.7. The second kappa shape index (κ2) is 7.58. The normalized spacial score (nSPS) is 16.3. The zero-order valence-corrected chi connectivity index (χ0v) is 16.3. The Morgan fingerprint density at radius 3 is 2.81 bits per heavy atom. The van der Waals surface area contributed by atoms with E-state index in [4.69, 9.17) is 0 Å². The summed E-state index contributed by atoms with van der Waals surface area (Å²) < 4.78 is 0. The molecule has 0 spiro atoms. The fraction of sp³-hybridized carbons (Fsp3) is 0.450. The molecule has 0 saturated carbocycles. The first-order valence-electron chi connectivity index (χ1n) is 8.96. The molecular formula is C20H25N3O2S. The molecule has 0 fully saturated rings. The molecule has 1 aliphatic rings. The molecule has 1 aromatic carbocycles. The number of carbonyl (C=O) groups is 2. The number of amides is 2. The molecule has 3 rings (SSSR count). The molecule has 138 valence electrons. The first-order valence-corrected chi connectivity index (χ1v) is 9.84.